The fourth-order valence-corrected chi connectivity index (χ4v) is 1.76. The number of carbonyl (C=O) groups excluding carboxylic acids is 1. The number of aliphatic hydroxyl groups excluding tert-OH is 1. The molecule has 0 spiro atoms. The van der Waals surface area contributed by atoms with Gasteiger partial charge in [0, 0.05) is 17.2 Å². The number of rotatable bonds is 2. The van der Waals surface area contributed by atoms with Crippen molar-refractivity contribution in [2.24, 2.45) is 0 Å². The summed E-state index contributed by atoms with van der Waals surface area (Å²) in [5.41, 5.74) is 1.98. The highest BCUT2D eigenvalue weighted by molar-refractivity contribution is 6.05. The highest BCUT2D eigenvalue weighted by Crippen LogP contribution is 2.15. The standard InChI is InChI=1S/C15H14N2O3/c1-10-9-14(17-20-10)16-15(19)13-7-3-5-12(11(13)2)6-4-8-18/h3,5,7,9,18H,8H2,1-2H3,(H,16,17,19). The van der Waals surface area contributed by atoms with Crippen molar-refractivity contribution >= 4 is 11.7 Å². The number of aromatic nitrogens is 1. The summed E-state index contributed by atoms with van der Waals surface area (Å²) in [5, 5.41) is 15.1. The molecule has 1 amide bonds. The van der Waals surface area contributed by atoms with Crippen LogP contribution in [-0.2, 0) is 0 Å². The largest absolute Gasteiger partial charge is 0.384 e. The van der Waals surface area contributed by atoms with Crippen molar-refractivity contribution in [3.8, 4) is 11.8 Å². The third-order valence-corrected chi connectivity index (χ3v) is 2.75. The van der Waals surface area contributed by atoms with Crippen LogP contribution in [0.5, 0.6) is 0 Å². The summed E-state index contributed by atoms with van der Waals surface area (Å²) in [4.78, 5) is 12.2. The average Bonchev–Trinajstić information content (AvgIpc) is 2.83. The zero-order valence-corrected chi connectivity index (χ0v) is 11.2. The van der Waals surface area contributed by atoms with Crippen LogP contribution in [0.3, 0.4) is 0 Å². The molecule has 2 rings (SSSR count). The van der Waals surface area contributed by atoms with Crippen LogP contribution < -0.4 is 5.32 Å². The van der Waals surface area contributed by atoms with Crippen molar-refractivity contribution in [1.29, 1.82) is 0 Å². The number of hydrogen-bond acceptors (Lipinski definition) is 4. The Bertz CT molecular complexity index is 693. The molecule has 0 unspecified atom stereocenters. The van der Waals surface area contributed by atoms with Gasteiger partial charge in [-0.05, 0) is 31.5 Å². The third-order valence-electron chi connectivity index (χ3n) is 2.75. The van der Waals surface area contributed by atoms with Crippen LogP contribution in [-0.4, -0.2) is 22.8 Å². The van der Waals surface area contributed by atoms with E-state index in [0.29, 0.717) is 22.7 Å². The van der Waals surface area contributed by atoms with Crippen LogP contribution in [0.4, 0.5) is 5.82 Å². The predicted octanol–water partition coefficient (Wildman–Crippen LogP) is 1.89. The maximum absolute atomic E-state index is 12.2. The molecule has 102 valence electrons. The molecule has 0 saturated heterocycles. The van der Waals surface area contributed by atoms with Gasteiger partial charge in [0.15, 0.2) is 5.82 Å². The first kappa shape index (κ1) is 13.8. The number of hydrogen-bond donors (Lipinski definition) is 2. The number of amides is 1. The zero-order chi connectivity index (χ0) is 14.5. The summed E-state index contributed by atoms with van der Waals surface area (Å²) in [6.45, 7) is 3.34. The van der Waals surface area contributed by atoms with Crippen LogP contribution in [0, 0.1) is 25.7 Å². The van der Waals surface area contributed by atoms with Gasteiger partial charge in [0.1, 0.15) is 12.4 Å². The summed E-state index contributed by atoms with van der Waals surface area (Å²) >= 11 is 0. The van der Waals surface area contributed by atoms with Crippen LogP contribution in [0.1, 0.15) is 27.2 Å². The summed E-state index contributed by atoms with van der Waals surface area (Å²) in [6, 6.07) is 6.90. The summed E-state index contributed by atoms with van der Waals surface area (Å²) < 4.78 is 4.89. The topological polar surface area (TPSA) is 75.4 Å². The van der Waals surface area contributed by atoms with Gasteiger partial charge in [0.05, 0.1) is 0 Å². The first-order valence-electron chi connectivity index (χ1n) is 6.06. The summed E-state index contributed by atoms with van der Waals surface area (Å²) in [6.07, 6.45) is 0. The van der Waals surface area contributed by atoms with Gasteiger partial charge in [0.25, 0.3) is 5.91 Å². The lowest BCUT2D eigenvalue weighted by atomic mass is 10.0. The van der Waals surface area contributed by atoms with E-state index < -0.39 is 0 Å². The van der Waals surface area contributed by atoms with E-state index in [-0.39, 0.29) is 12.5 Å². The van der Waals surface area contributed by atoms with E-state index in [4.69, 9.17) is 9.63 Å². The smallest absolute Gasteiger partial charge is 0.257 e. The van der Waals surface area contributed by atoms with Crippen LogP contribution in [0.25, 0.3) is 0 Å². The van der Waals surface area contributed by atoms with E-state index in [1.807, 2.05) is 6.92 Å². The number of benzene rings is 1. The number of aliphatic hydroxyl groups is 1. The molecular formula is C15H14N2O3. The molecule has 5 heteroatoms. The molecular weight excluding hydrogens is 256 g/mol. The van der Waals surface area contributed by atoms with Crippen LogP contribution in [0.2, 0.25) is 0 Å². The Morgan fingerprint density at radius 1 is 1.45 bits per heavy atom. The van der Waals surface area contributed by atoms with Gasteiger partial charge in [0.2, 0.25) is 0 Å². The van der Waals surface area contributed by atoms with Crippen LogP contribution in [0.15, 0.2) is 28.8 Å². The van der Waals surface area contributed by atoms with E-state index in [1.165, 1.54) is 0 Å². The second kappa shape index (κ2) is 6.04. The Balaban J connectivity index is 2.26. The van der Waals surface area contributed by atoms with Gasteiger partial charge < -0.3 is 14.9 Å². The van der Waals surface area contributed by atoms with Crippen molar-refractivity contribution < 1.29 is 14.4 Å². The highest BCUT2D eigenvalue weighted by atomic mass is 16.5. The number of aryl methyl sites for hydroxylation is 1. The minimum Gasteiger partial charge on any atom is -0.384 e. The minimum absolute atomic E-state index is 0.214. The average molecular weight is 270 g/mol. The minimum atomic E-state index is -0.275. The van der Waals surface area contributed by atoms with E-state index in [9.17, 15) is 4.79 Å². The molecule has 1 aromatic carbocycles. The zero-order valence-electron chi connectivity index (χ0n) is 11.2. The molecule has 0 atom stereocenters. The quantitative estimate of drug-likeness (QED) is 0.817. The molecule has 5 nitrogen and oxygen atoms in total. The number of nitrogens with one attached hydrogen (secondary N) is 1. The van der Waals surface area contributed by atoms with Gasteiger partial charge >= 0.3 is 0 Å². The fourth-order valence-electron chi connectivity index (χ4n) is 1.76. The van der Waals surface area contributed by atoms with Crippen molar-refractivity contribution in [2.45, 2.75) is 13.8 Å². The maximum atomic E-state index is 12.2. The normalized spacial score (nSPS) is 9.75. The van der Waals surface area contributed by atoms with E-state index in [2.05, 4.69) is 22.3 Å². The Hall–Kier alpha value is -2.58. The molecule has 20 heavy (non-hydrogen) atoms. The molecule has 0 radical (unpaired) electrons. The maximum Gasteiger partial charge on any atom is 0.257 e. The first-order valence-corrected chi connectivity index (χ1v) is 6.06. The molecule has 0 aliphatic heterocycles. The summed E-state index contributed by atoms with van der Waals surface area (Å²) in [7, 11) is 0. The van der Waals surface area contributed by atoms with Gasteiger partial charge in [-0.3, -0.25) is 4.79 Å². The number of carbonyl (C=O) groups is 1. The predicted molar refractivity (Wildman–Crippen MR) is 74.3 cm³/mol. The van der Waals surface area contributed by atoms with E-state index in [0.717, 1.165) is 5.56 Å². The van der Waals surface area contributed by atoms with E-state index >= 15 is 0 Å². The molecule has 2 aromatic rings. The van der Waals surface area contributed by atoms with Gasteiger partial charge in [-0.15, -0.1) is 0 Å². The Morgan fingerprint density at radius 2 is 2.25 bits per heavy atom. The molecule has 1 heterocycles. The second-order valence-electron chi connectivity index (χ2n) is 4.21. The Labute approximate surface area is 116 Å². The highest BCUT2D eigenvalue weighted by Gasteiger charge is 2.12. The van der Waals surface area contributed by atoms with Gasteiger partial charge in [-0.1, -0.05) is 23.1 Å². The van der Waals surface area contributed by atoms with Crippen molar-refractivity contribution in [1.82, 2.24) is 5.16 Å². The first-order chi connectivity index (χ1) is 9.61. The molecule has 0 saturated carbocycles. The van der Waals surface area contributed by atoms with Gasteiger partial charge in [-0.2, -0.15) is 0 Å². The number of anilines is 1. The lowest BCUT2D eigenvalue weighted by Gasteiger charge is -2.06. The van der Waals surface area contributed by atoms with E-state index in [1.54, 1.807) is 31.2 Å². The number of nitrogens with zero attached hydrogens (tertiary/aromatic N) is 1. The molecule has 0 fully saturated rings. The molecule has 0 aliphatic rings. The van der Waals surface area contributed by atoms with Crippen LogP contribution >= 0.6 is 0 Å². The molecule has 0 bridgehead atoms. The SMILES string of the molecule is Cc1cc(NC(=O)c2cccc(C#CCO)c2C)no1. The monoisotopic (exact) mass is 270 g/mol. The lowest BCUT2D eigenvalue weighted by molar-refractivity contribution is 0.102. The van der Waals surface area contributed by atoms with Gasteiger partial charge in [-0.25, -0.2) is 0 Å². The fraction of sp³-hybridized carbons (Fsp3) is 0.200. The van der Waals surface area contributed by atoms with Crippen molar-refractivity contribution in [3.63, 3.8) is 0 Å². The Morgan fingerprint density at radius 3 is 2.90 bits per heavy atom. The second-order valence-corrected chi connectivity index (χ2v) is 4.21. The molecule has 2 N–H and O–H groups in total. The van der Waals surface area contributed by atoms with Crippen molar-refractivity contribution in [2.75, 3.05) is 11.9 Å². The molecule has 0 aliphatic carbocycles. The summed E-state index contributed by atoms with van der Waals surface area (Å²) in [5.74, 6) is 6.11. The Kier molecular flexibility index (Phi) is 4.18. The molecule has 1 aromatic heterocycles. The van der Waals surface area contributed by atoms with Crippen molar-refractivity contribution in [3.05, 3.63) is 46.7 Å². The lowest BCUT2D eigenvalue weighted by Crippen LogP contribution is -2.14. The third kappa shape index (κ3) is 3.05.